The van der Waals surface area contributed by atoms with E-state index >= 15 is 0 Å². The van der Waals surface area contributed by atoms with Gasteiger partial charge in [0.1, 0.15) is 5.82 Å². The molecule has 0 aromatic heterocycles. The smallest absolute Gasteiger partial charge is 0.141 e. The highest BCUT2D eigenvalue weighted by Gasteiger charge is 2.31. The monoisotopic (exact) mass is 282 g/mol. The van der Waals surface area contributed by atoms with Gasteiger partial charge in [0.05, 0.1) is 5.02 Å². The molecule has 0 bridgehead atoms. The standard InChI is InChI=1S/C15H20ClFN2/c16-14-8-11(3-4-15(14)17)10-18-12-5-7-19-6-1-2-13(19)9-12/h3-4,8,12-13,18H,1-2,5-7,9-10H2. The van der Waals surface area contributed by atoms with Gasteiger partial charge in [0, 0.05) is 18.6 Å². The van der Waals surface area contributed by atoms with Gasteiger partial charge in [0.25, 0.3) is 0 Å². The zero-order chi connectivity index (χ0) is 13.2. The van der Waals surface area contributed by atoms with Gasteiger partial charge >= 0.3 is 0 Å². The second-order valence-electron chi connectivity index (χ2n) is 5.68. The van der Waals surface area contributed by atoms with Crippen LogP contribution in [-0.4, -0.2) is 30.1 Å². The third-order valence-corrected chi connectivity index (χ3v) is 4.69. The minimum absolute atomic E-state index is 0.213. The zero-order valence-corrected chi connectivity index (χ0v) is 11.8. The Morgan fingerprint density at radius 2 is 2.21 bits per heavy atom. The van der Waals surface area contributed by atoms with Crippen LogP contribution in [0.3, 0.4) is 0 Å². The molecule has 2 atom stereocenters. The minimum Gasteiger partial charge on any atom is -0.310 e. The first kappa shape index (κ1) is 13.3. The lowest BCUT2D eigenvalue weighted by Gasteiger charge is -2.35. The molecule has 19 heavy (non-hydrogen) atoms. The first-order valence-electron chi connectivity index (χ1n) is 7.14. The van der Waals surface area contributed by atoms with Crippen molar-refractivity contribution in [3.8, 4) is 0 Å². The fraction of sp³-hybridized carbons (Fsp3) is 0.600. The van der Waals surface area contributed by atoms with Crippen molar-refractivity contribution in [3.05, 3.63) is 34.6 Å². The highest BCUT2D eigenvalue weighted by atomic mass is 35.5. The minimum atomic E-state index is -0.343. The summed E-state index contributed by atoms with van der Waals surface area (Å²) in [5.74, 6) is -0.343. The molecule has 104 valence electrons. The van der Waals surface area contributed by atoms with Gasteiger partial charge < -0.3 is 10.2 Å². The lowest BCUT2D eigenvalue weighted by atomic mass is 9.97. The van der Waals surface area contributed by atoms with Crippen molar-refractivity contribution in [2.45, 2.75) is 44.3 Å². The van der Waals surface area contributed by atoms with Crippen LogP contribution in [0.4, 0.5) is 4.39 Å². The molecule has 0 amide bonds. The second-order valence-corrected chi connectivity index (χ2v) is 6.09. The van der Waals surface area contributed by atoms with E-state index in [-0.39, 0.29) is 10.8 Å². The van der Waals surface area contributed by atoms with Crippen LogP contribution in [-0.2, 0) is 6.54 Å². The van der Waals surface area contributed by atoms with Gasteiger partial charge in [-0.1, -0.05) is 17.7 Å². The molecule has 1 aromatic carbocycles. The Kier molecular flexibility index (Phi) is 4.06. The van der Waals surface area contributed by atoms with Crippen molar-refractivity contribution in [2.24, 2.45) is 0 Å². The van der Waals surface area contributed by atoms with Crippen LogP contribution in [0.5, 0.6) is 0 Å². The van der Waals surface area contributed by atoms with Crippen LogP contribution in [0, 0.1) is 5.82 Å². The molecule has 2 aliphatic rings. The van der Waals surface area contributed by atoms with Gasteiger partial charge in [-0.2, -0.15) is 0 Å². The number of rotatable bonds is 3. The largest absolute Gasteiger partial charge is 0.310 e. The maximum absolute atomic E-state index is 13.1. The normalized spacial score (nSPS) is 27.5. The van der Waals surface area contributed by atoms with Crippen molar-refractivity contribution in [3.63, 3.8) is 0 Å². The van der Waals surface area contributed by atoms with Crippen LogP contribution in [0.2, 0.25) is 5.02 Å². The molecule has 3 rings (SSSR count). The number of piperidine rings is 1. The quantitative estimate of drug-likeness (QED) is 0.916. The fourth-order valence-electron chi connectivity index (χ4n) is 3.32. The third-order valence-electron chi connectivity index (χ3n) is 4.40. The van der Waals surface area contributed by atoms with E-state index in [2.05, 4.69) is 10.2 Å². The number of nitrogens with zero attached hydrogens (tertiary/aromatic N) is 1. The molecule has 2 unspecified atom stereocenters. The molecule has 2 fully saturated rings. The molecule has 0 radical (unpaired) electrons. The van der Waals surface area contributed by atoms with Crippen LogP contribution < -0.4 is 5.32 Å². The van der Waals surface area contributed by atoms with E-state index in [1.807, 2.05) is 0 Å². The van der Waals surface area contributed by atoms with E-state index in [1.54, 1.807) is 12.1 Å². The number of hydrogen-bond donors (Lipinski definition) is 1. The Morgan fingerprint density at radius 3 is 3.05 bits per heavy atom. The molecule has 0 aliphatic carbocycles. The third kappa shape index (κ3) is 3.10. The molecule has 0 saturated carbocycles. The summed E-state index contributed by atoms with van der Waals surface area (Å²) >= 11 is 5.80. The summed E-state index contributed by atoms with van der Waals surface area (Å²) in [5, 5.41) is 3.80. The summed E-state index contributed by atoms with van der Waals surface area (Å²) in [6.07, 6.45) is 5.16. The van der Waals surface area contributed by atoms with Crippen molar-refractivity contribution in [1.82, 2.24) is 10.2 Å². The summed E-state index contributed by atoms with van der Waals surface area (Å²) in [6.45, 7) is 3.27. The van der Waals surface area contributed by atoms with E-state index in [0.717, 1.165) is 18.2 Å². The predicted octanol–water partition coefficient (Wildman–Crippen LogP) is 3.20. The topological polar surface area (TPSA) is 15.3 Å². The lowest BCUT2D eigenvalue weighted by molar-refractivity contribution is 0.166. The molecular weight excluding hydrogens is 263 g/mol. The average molecular weight is 283 g/mol. The molecular formula is C15H20ClFN2. The molecule has 0 spiro atoms. The SMILES string of the molecule is Fc1ccc(CNC2CCN3CCCC3C2)cc1Cl. The average Bonchev–Trinajstić information content (AvgIpc) is 2.87. The number of nitrogens with one attached hydrogen (secondary N) is 1. The van der Waals surface area contributed by atoms with Gasteiger partial charge in [-0.25, -0.2) is 4.39 Å². The number of halogens is 2. The number of fused-ring (bicyclic) bond motifs is 1. The van der Waals surface area contributed by atoms with Gasteiger partial charge in [-0.05, 0) is 56.5 Å². The second kappa shape index (κ2) is 5.78. The summed E-state index contributed by atoms with van der Waals surface area (Å²) < 4.78 is 13.1. The van der Waals surface area contributed by atoms with E-state index in [9.17, 15) is 4.39 Å². The van der Waals surface area contributed by atoms with Crippen molar-refractivity contribution >= 4 is 11.6 Å². The van der Waals surface area contributed by atoms with Gasteiger partial charge in [-0.15, -0.1) is 0 Å². The van der Waals surface area contributed by atoms with E-state index in [1.165, 1.54) is 44.8 Å². The molecule has 2 aliphatic heterocycles. The van der Waals surface area contributed by atoms with E-state index < -0.39 is 0 Å². The van der Waals surface area contributed by atoms with Gasteiger partial charge in [-0.3, -0.25) is 0 Å². The Balaban J connectivity index is 1.53. The molecule has 4 heteroatoms. The fourth-order valence-corrected chi connectivity index (χ4v) is 3.52. The Morgan fingerprint density at radius 1 is 1.32 bits per heavy atom. The number of benzene rings is 1. The number of hydrogen-bond acceptors (Lipinski definition) is 2. The summed E-state index contributed by atoms with van der Waals surface area (Å²) in [6, 6.07) is 6.33. The van der Waals surface area contributed by atoms with Crippen LogP contribution >= 0.6 is 11.6 Å². The van der Waals surface area contributed by atoms with Crippen molar-refractivity contribution in [1.29, 1.82) is 0 Å². The summed E-state index contributed by atoms with van der Waals surface area (Å²) in [5.41, 5.74) is 1.06. The van der Waals surface area contributed by atoms with Gasteiger partial charge in [0.15, 0.2) is 0 Å². The highest BCUT2D eigenvalue weighted by Crippen LogP contribution is 2.27. The maximum Gasteiger partial charge on any atom is 0.141 e. The van der Waals surface area contributed by atoms with Crippen LogP contribution in [0.25, 0.3) is 0 Å². The van der Waals surface area contributed by atoms with Crippen molar-refractivity contribution < 1.29 is 4.39 Å². The van der Waals surface area contributed by atoms with Crippen molar-refractivity contribution in [2.75, 3.05) is 13.1 Å². The zero-order valence-electron chi connectivity index (χ0n) is 11.0. The first-order valence-corrected chi connectivity index (χ1v) is 7.51. The summed E-state index contributed by atoms with van der Waals surface area (Å²) in [4.78, 5) is 2.62. The molecule has 1 aromatic rings. The first-order chi connectivity index (χ1) is 9.22. The molecule has 2 saturated heterocycles. The van der Waals surface area contributed by atoms with Crippen LogP contribution in [0.15, 0.2) is 18.2 Å². The highest BCUT2D eigenvalue weighted by molar-refractivity contribution is 6.30. The Bertz CT molecular complexity index is 452. The van der Waals surface area contributed by atoms with E-state index in [4.69, 9.17) is 11.6 Å². The predicted molar refractivity (Wildman–Crippen MR) is 75.9 cm³/mol. The van der Waals surface area contributed by atoms with Crippen LogP contribution in [0.1, 0.15) is 31.2 Å². The Labute approximate surface area is 118 Å². The van der Waals surface area contributed by atoms with E-state index in [0.29, 0.717) is 6.04 Å². The molecule has 2 heterocycles. The molecule has 1 N–H and O–H groups in total. The molecule has 2 nitrogen and oxygen atoms in total. The lowest BCUT2D eigenvalue weighted by Crippen LogP contribution is -2.45. The van der Waals surface area contributed by atoms with Gasteiger partial charge in [0.2, 0.25) is 0 Å². The Hall–Kier alpha value is -0.640. The maximum atomic E-state index is 13.1. The summed E-state index contributed by atoms with van der Waals surface area (Å²) in [7, 11) is 0.